The molecule has 0 spiro atoms. The maximum absolute atomic E-state index is 3.56. The number of hydrogen-bond donors (Lipinski definition) is 0. The van der Waals surface area contributed by atoms with Crippen molar-refractivity contribution in [2.75, 3.05) is 0 Å². The fourth-order valence-corrected chi connectivity index (χ4v) is 3.74. The van der Waals surface area contributed by atoms with Crippen LogP contribution < -0.4 is 0 Å². The molecule has 0 bridgehead atoms. The monoisotopic (exact) mass is 274 g/mol. The van der Waals surface area contributed by atoms with E-state index in [0.29, 0.717) is 5.41 Å². The summed E-state index contributed by atoms with van der Waals surface area (Å²) in [5, 5.41) is 0. The van der Waals surface area contributed by atoms with Gasteiger partial charge in [0.2, 0.25) is 0 Å². The molecule has 1 rings (SSSR count). The molecule has 0 fully saturated rings. The molecule has 0 saturated heterocycles. The first kappa shape index (κ1) is 12.3. The molecule has 0 saturated carbocycles. The number of thiophene rings is 1. The molecule has 0 amide bonds. The van der Waals surface area contributed by atoms with E-state index in [1.54, 1.807) is 0 Å². The number of rotatable bonds is 4. The second kappa shape index (κ2) is 4.80. The molecule has 0 atom stereocenters. The first-order valence-corrected chi connectivity index (χ1v) is 6.84. The number of aryl methyl sites for hydroxylation is 1. The van der Waals surface area contributed by atoms with Crippen molar-refractivity contribution in [2.45, 2.75) is 52.4 Å². The molecule has 80 valence electrons. The maximum Gasteiger partial charge on any atom is 0.0704 e. The van der Waals surface area contributed by atoms with E-state index in [-0.39, 0.29) is 0 Å². The summed E-state index contributed by atoms with van der Waals surface area (Å²) in [5.41, 5.74) is 1.85. The highest BCUT2D eigenvalue weighted by Crippen LogP contribution is 2.37. The minimum atomic E-state index is 0.336. The van der Waals surface area contributed by atoms with Crippen LogP contribution in [0.3, 0.4) is 0 Å². The summed E-state index contributed by atoms with van der Waals surface area (Å²) in [6.07, 6.45) is 3.89. The predicted molar refractivity (Wildman–Crippen MR) is 69.3 cm³/mol. The Morgan fingerprint density at radius 2 is 2.07 bits per heavy atom. The third-order valence-electron chi connectivity index (χ3n) is 2.77. The van der Waals surface area contributed by atoms with Crippen molar-refractivity contribution in [2.24, 2.45) is 0 Å². The largest absolute Gasteiger partial charge is 0.133 e. The molecule has 1 heterocycles. The van der Waals surface area contributed by atoms with Gasteiger partial charge in [0.1, 0.15) is 0 Å². The van der Waals surface area contributed by atoms with Crippen molar-refractivity contribution < 1.29 is 0 Å². The Morgan fingerprint density at radius 3 is 2.50 bits per heavy atom. The first-order valence-electron chi connectivity index (χ1n) is 5.24. The van der Waals surface area contributed by atoms with Crippen LogP contribution in [0.2, 0.25) is 0 Å². The van der Waals surface area contributed by atoms with Crippen molar-refractivity contribution in [1.82, 2.24) is 0 Å². The van der Waals surface area contributed by atoms with Gasteiger partial charge in [-0.25, -0.2) is 0 Å². The molecule has 0 aromatic carbocycles. The van der Waals surface area contributed by atoms with Crippen LogP contribution in [0.5, 0.6) is 0 Å². The van der Waals surface area contributed by atoms with Crippen LogP contribution >= 0.6 is 27.3 Å². The molecule has 1 aromatic rings. The highest BCUT2D eigenvalue weighted by atomic mass is 79.9. The lowest BCUT2D eigenvalue weighted by Gasteiger charge is -2.24. The number of halogens is 1. The molecule has 2 heteroatoms. The lowest BCUT2D eigenvalue weighted by Crippen LogP contribution is -2.16. The van der Waals surface area contributed by atoms with Gasteiger partial charge in [0.05, 0.1) is 3.79 Å². The second-order valence-corrected chi connectivity index (χ2v) is 7.14. The van der Waals surface area contributed by atoms with Crippen molar-refractivity contribution in [1.29, 1.82) is 0 Å². The van der Waals surface area contributed by atoms with Gasteiger partial charge in [-0.3, -0.25) is 0 Å². The summed E-state index contributed by atoms with van der Waals surface area (Å²) in [4.78, 5) is 1.46. The molecule has 0 aliphatic heterocycles. The first-order chi connectivity index (χ1) is 6.47. The van der Waals surface area contributed by atoms with Gasteiger partial charge in [-0.1, -0.05) is 33.6 Å². The lowest BCUT2D eigenvalue weighted by molar-refractivity contribution is 0.457. The van der Waals surface area contributed by atoms with Crippen molar-refractivity contribution in [3.05, 3.63) is 20.3 Å². The molecular formula is C12H19BrS. The zero-order valence-electron chi connectivity index (χ0n) is 9.48. The van der Waals surface area contributed by atoms with Crippen LogP contribution in [-0.2, 0) is 5.41 Å². The molecule has 14 heavy (non-hydrogen) atoms. The molecule has 0 aliphatic rings. The third kappa shape index (κ3) is 2.83. The van der Waals surface area contributed by atoms with Gasteiger partial charge in [0, 0.05) is 4.88 Å². The van der Waals surface area contributed by atoms with E-state index in [4.69, 9.17) is 0 Å². The molecule has 0 radical (unpaired) electrons. The van der Waals surface area contributed by atoms with Crippen molar-refractivity contribution in [3.63, 3.8) is 0 Å². The number of hydrogen-bond acceptors (Lipinski definition) is 1. The van der Waals surface area contributed by atoms with E-state index in [0.717, 1.165) is 0 Å². The topological polar surface area (TPSA) is 0 Å². The summed E-state index contributed by atoms with van der Waals surface area (Å²) in [6.45, 7) is 9.18. The van der Waals surface area contributed by atoms with Gasteiger partial charge < -0.3 is 0 Å². The Balaban J connectivity index is 2.85. The highest BCUT2D eigenvalue weighted by Gasteiger charge is 2.23. The van der Waals surface area contributed by atoms with Gasteiger partial charge >= 0.3 is 0 Å². The molecule has 0 unspecified atom stereocenters. The second-order valence-electron chi connectivity index (χ2n) is 4.51. The van der Waals surface area contributed by atoms with Gasteiger partial charge in [0.15, 0.2) is 0 Å². The van der Waals surface area contributed by atoms with Crippen molar-refractivity contribution >= 4 is 27.3 Å². The molecule has 0 N–H and O–H groups in total. The zero-order valence-corrected chi connectivity index (χ0v) is 11.9. The van der Waals surface area contributed by atoms with Gasteiger partial charge in [-0.05, 0) is 46.3 Å². The Bertz CT molecular complexity index is 299. The Hall–Kier alpha value is 0.180. The smallest absolute Gasteiger partial charge is 0.0704 e. The van der Waals surface area contributed by atoms with Gasteiger partial charge in [-0.15, -0.1) is 11.3 Å². The molecule has 0 nitrogen and oxygen atoms in total. The van der Waals surface area contributed by atoms with Crippen molar-refractivity contribution in [3.8, 4) is 0 Å². The minimum Gasteiger partial charge on any atom is -0.133 e. The normalized spacial score (nSPS) is 12.1. The Morgan fingerprint density at radius 1 is 1.43 bits per heavy atom. The molecule has 1 aromatic heterocycles. The van der Waals surface area contributed by atoms with E-state index in [9.17, 15) is 0 Å². The van der Waals surface area contributed by atoms with Crippen LogP contribution in [0.15, 0.2) is 9.85 Å². The van der Waals surface area contributed by atoms with Crippen LogP contribution in [0.25, 0.3) is 0 Å². The van der Waals surface area contributed by atoms with Crippen LogP contribution in [0, 0.1) is 6.92 Å². The van der Waals surface area contributed by atoms with Crippen LogP contribution in [0.4, 0.5) is 0 Å². The summed E-state index contributed by atoms with van der Waals surface area (Å²) in [5.74, 6) is 0. The average Bonchev–Trinajstić information content (AvgIpc) is 2.42. The lowest BCUT2D eigenvalue weighted by atomic mass is 9.80. The Labute approximate surface area is 99.9 Å². The van der Waals surface area contributed by atoms with E-state index in [1.165, 1.54) is 33.5 Å². The van der Waals surface area contributed by atoms with E-state index >= 15 is 0 Å². The van der Waals surface area contributed by atoms with Gasteiger partial charge in [0.25, 0.3) is 0 Å². The summed E-state index contributed by atoms with van der Waals surface area (Å²) >= 11 is 5.41. The predicted octanol–water partition coefficient (Wildman–Crippen LogP) is 5.29. The third-order valence-corrected chi connectivity index (χ3v) is 4.33. The van der Waals surface area contributed by atoms with E-state index in [2.05, 4.69) is 49.7 Å². The fraction of sp³-hybridized carbons (Fsp3) is 0.667. The summed E-state index contributed by atoms with van der Waals surface area (Å²) in [6, 6.07) is 2.29. The zero-order chi connectivity index (χ0) is 10.8. The fourth-order valence-electron chi connectivity index (χ4n) is 1.87. The Kier molecular flexibility index (Phi) is 4.20. The van der Waals surface area contributed by atoms with E-state index < -0.39 is 0 Å². The molecular weight excluding hydrogens is 256 g/mol. The standard InChI is InChI=1S/C12H19BrS/c1-5-6-7-12(3,4)10-8-11(13)14-9(10)2/h8H,5-7H2,1-4H3. The minimum absolute atomic E-state index is 0.336. The van der Waals surface area contributed by atoms with E-state index in [1.807, 2.05) is 11.3 Å². The quantitative estimate of drug-likeness (QED) is 0.700. The SMILES string of the molecule is CCCCC(C)(C)c1cc(Br)sc1C. The summed E-state index contributed by atoms with van der Waals surface area (Å²) in [7, 11) is 0. The van der Waals surface area contributed by atoms with Crippen LogP contribution in [-0.4, -0.2) is 0 Å². The summed E-state index contributed by atoms with van der Waals surface area (Å²) < 4.78 is 1.26. The van der Waals surface area contributed by atoms with Crippen LogP contribution in [0.1, 0.15) is 50.5 Å². The molecule has 0 aliphatic carbocycles. The number of unbranched alkanes of at least 4 members (excludes halogenated alkanes) is 1. The average molecular weight is 275 g/mol. The van der Waals surface area contributed by atoms with Gasteiger partial charge in [-0.2, -0.15) is 0 Å². The maximum atomic E-state index is 3.56. The highest BCUT2D eigenvalue weighted by molar-refractivity contribution is 9.11.